The summed E-state index contributed by atoms with van der Waals surface area (Å²) in [7, 11) is 5.96. The molecule has 5 heteroatoms. The average molecular weight is 279 g/mol. The molecule has 0 aliphatic rings. The molecule has 0 spiro atoms. The van der Waals surface area contributed by atoms with Crippen molar-refractivity contribution in [3.8, 4) is 0 Å². The number of aryl methyl sites for hydroxylation is 1. The lowest BCUT2D eigenvalue weighted by Crippen LogP contribution is -2.16. The molecule has 0 amide bonds. The first-order valence-electron chi connectivity index (χ1n) is 6.20. The highest BCUT2D eigenvalue weighted by molar-refractivity contribution is 6.34. The van der Waals surface area contributed by atoms with E-state index < -0.39 is 0 Å². The van der Waals surface area contributed by atoms with Gasteiger partial charge < -0.3 is 14.8 Å². The summed E-state index contributed by atoms with van der Waals surface area (Å²) in [5, 5.41) is 4.20. The molecular weight excluding hydrogens is 260 g/mol. The van der Waals surface area contributed by atoms with Crippen LogP contribution >= 0.6 is 11.6 Å². The van der Waals surface area contributed by atoms with Crippen molar-refractivity contribution in [3.63, 3.8) is 0 Å². The van der Waals surface area contributed by atoms with Crippen LogP contribution in [0.4, 0.5) is 11.4 Å². The summed E-state index contributed by atoms with van der Waals surface area (Å²) in [5.41, 5.74) is 2.00. The van der Waals surface area contributed by atoms with Gasteiger partial charge in [-0.05, 0) is 19.1 Å². The first-order valence-corrected chi connectivity index (χ1v) is 6.58. The molecule has 2 aromatic rings. The molecule has 0 bridgehead atoms. The number of hydrogen-bond acceptors (Lipinski definition) is 3. The molecule has 0 saturated carbocycles. The molecule has 1 N–H and O–H groups in total. The van der Waals surface area contributed by atoms with Crippen molar-refractivity contribution in [2.75, 3.05) is 24.3 Å². The largest absolute Gasteiger partial charge is 0.375 e. The topological polar surface area (TPSA) is 33.1 Å². The van der Waals surface area contributed by atoms with Gasteiger partial charge in [-0.15, -0.1) is 0 Å². The van der Waals surface area contributed by atoms with E-state index in [-0.39, 0.29) is 6.04 Å². The van der Waals surface area contributed by atoms with Crippen molar-refractivity contribution in [2.24, 2.45) is 7.05 Å². The van der Waals surface area contributed by atoms with Gasteiger partial charge in [0.25, 0.3) is 0 Å². The highest BCUT2D eigenvalue weighted by atomic mass is 35.5. The third kappa shape index (κ3) is 2.84. The van der Waals surface area contributed by atoms with Gasteiger partial charge in [0.15, 0.2) is 0 Å². The lowest BCUT2D eigenvalue weighted by atomic mass is 10.2. The Kier molecular flexibility index (Phi) is 4.00. The fourth-order valence-electron chi connectivity index (χ4n) is 2.18. The molecule has 19 heavy (non-hydrogen) atoms. The molecule has 1 atom stereocenters. The van der Waals surface area contributed by atoms with Crippen LogP contribution in [0.1, 0.15) is 18.8 Å². The van der Waals surface area contributed by atoms with Crippen LogP contribution in [0.2, 0.25) is 5.02 Å². The molecule has 1 unspecified atom stereocenters. The Labute approximate surface area is 119 Å². The van der Waals surface area contributed by atoms with Gasteiger partial charge in [-0.2, -0.15) is 0 Å². The van der Waals surface area contributed by atoms with Crippen molar-refractivity contribution in [2.45, 2.75) is 13.0 Å². The molecule has 0 radical (unpaired) electrons. The molecule has 1 heterocycles. The number of nitrogens with zero attached hydrogens (tertiary/aromatic N) is 3. The zero-order chi connectivity index (χ0) is 14.0. The lowest BCUT2D eigenvalue weighted by Gasteiger charge is -2.22. The molecule has 1 aromatic heterocycles. The third-order valence-corrected chi connectivity index (χ3v) is 3.36. The second-order valence-electron chi connectivity index (χ2n) is 4.79. The number of para-hydroxylation sites is 1. The predicted octanol–water partition coefficient (Wildman–Crippen LogP) is 3.31. The summed E-state index contributed by atoms with van der Waals surface area (Å²) < 4.78 is 2.01. The van der Waals surface area contributed by atoms with E-state index in [0.29, 0.717) is 0 Å². The van der Waals surface area contributed by atoms with Crippen molar-refractivity contribution < 1.29 is 0 Å². The summed E-state index contributed by atoms with van der Waals surface area (Å²) in [4.78, 5) is 6.37. The third-order valence-electron chi connectivity index (χ3n) is 3.05. The Morgan fingerprint density at radius 3 is 2.68 bits per heavy atom. The molecule has 102 valence electrons. The summed E-state index contributed by atoms with van der Waals surface area (Å²) in [6.45, 7) is 2.09. The highest BCUT2D eigenvalue weighted by Gasteiger charge is 2.14. The monoisotopic (exact) mass is 278 g/mol. The first-order chi connectivity index (χ1) is 9.00. The number of anilines is 2. The average Bonchev–Trinajstić information content (AvgIpc) is 2.75. The SMILES string of the molecule is CC(Nc1cccc(Cl)c1N(C)C)c1nccn1C. The molecule has 0 saturated heterocycles. The molecule has 0 aliphatic carbocycles. The highest BCUT2D eigenvalue weighted by Crippen LogP contribution is 2.34. The smallest absolute Gasteiger partial charge is 0.130 e. The summed E-state index contributed by atoms with van der Waals surface area (Å²) in [6.07, 6.45) is 3.75. The number of nitrogens with one attached hydrogen (secondary N) is 1. The Hall–Kier alpha value is -1.68. The van der Waals surface area contributed by atoms with Gasteiger partial charge in [-0.25, -0.2) is 4.98 Å². The fourth-order valence-corrected chi connectivity index (χ4v) is 2.52. The Morgan fingerprint density at radius 1 is 1.37 bits per heavy atom. The van der Waals surface area contributed by atoms with Gasteiger partial charge in [0.2, 0.25) is 0 Å². The van der Waals surface area contributed by atoms with Gasteiger partial charge in [0.05, 0.1) is 22.4 Å². The van der Waals surface area contributed by atoms with E-state index in [1.54, 1.807) is 6.20 Å². The van der Waals surface area contributed by atoms with Crippen molar-refractivity contribution in [3.05, 3.63) is 41.4 Å². The van der Waals surface area contributed by atoms with Crippen molar-refractivity contribution in [1.82, 2.24) is 9.55 Å². The minimum absolute atomic E-state index is 0.108. The van der Waals surface area contributed by atoms with Crippen LogP contribution in [0.3, 0.4) is 0 Å². The number of aromatic nitrogens is 2. The molecule has 0 aliphatic heterocycles. The molecule has 2 rings (SSSR count). The van der Waals surface area contributed by atoms with Crippen LogP contribution in [0, 0.1) is 0 Å². The second kappa shape index (κ2) is 5.53. The van der Waals surface area contributed by atoms with Crippen LogP contribution in [0.5, 0.6) is 0 Å². The van der Waals surface area contributed by atoms with Gasteiger partial charge in [0, 0.05) is 33.5 Å². The van der Waals surface area contributed by atoms with E-state index in [9.17, 15) is 0 Å². The Bertz CT molecular complexity index is 562. The van der Waals surface area contributed by atoms with E-state index >= 15 is 0 Å². The van der Waals surface area contributed by atoms with Gasteiger partial charge in [-0.3, -0.25) is 0 Å². The Balaban J connectivity index is 2.29. The van der Waals surface area contributed by atoms with E-state index in [2.05, 4.69) is 17.2 Å². The minimum atomic E-state index is 0.108. The van der Waals surface area contributed by atoms with Crippen LogP contribution in [-0.4, -0.2) is 23.6 Å². The lowest BCUT2D eigenvalue weighted by molar-refractivity contribution is 0.721. The number of halogens is 1. The molecular formula is C14H19ClN4. The number of benzene rings is 1. The zero-order valence-corrected chi connectivity index (χ0v) is 12.4. The minimum Gasteiger partial charge on any atom is -0.375 e. The predicted molar refractivity (Wildman–Crippen MR) is 81.0 cm³/mol. The second-order valence-corrected chi connectivity index (χ2v) is 5.20. The van der Waals surface area contributed by atoms with Gasteiger partial charge >= 0.3 is 0 Å². The van der Waals surface area contributed by atoms with E-state index in [0.717, 1.165) is 22.2 Å². The maximum atomic E-state index is 6.26. The van der Waals surface area contributed by atoms with Crippen LogP contribution < -0.4 is 10.2 Å². The van der Waals surface area contributed by atoms with Crippen LogP contribution in [0.25, 0.3) is 0 Å². The fraction of sp³-hybridized carbons (Fsp3) is 0.357. The summed E-state index contributed by atoms with van der Waals surface area (Å²) in [5.74, 6) is 0.990. The van der Waals surface area contributed by atoms with Crippen molar-refractivity contribution in [1.29, 1.82) is 0 Å². The van der Waals surface area contributed by atoms with E-state index in [1.807, 2.05) is 55.0 Å². The van der Waals surface area contributed by atoms with Crippen LogP contribution in [0.15, 0.2) is 30.6 Å². The number of hydrogen-bond donors (Lipinski definition) is 1. The summed E-state index contributed by atoms with van der Waals surface area (Å²) >= 11 is 6.26. The van der Waals surface area contributed by atoms with E-state index in [1.165, 1.54) is 0 Å². The maximum absolute atomic E-state index is 6.26. The molecule has 4 nitrogen and oxygen atoms in total. The van der Waals surface area contributed by atoms with Crippen molar-refractivity contribution >= 4 is 23.0 Å². The first kappa shape index (κ1) is 13.7. The maximum Gasteiger partial charge on any atom is 0.130 e. The van der Waals surface area contributed by atoms with E-state index in [4.69, 9.17) is 11.6 Å². The normalized spacial score (nSPS) is 12.3. The Morgan fingerprint density at radius 2 is 2.11 bits per heavy atom. The van der Waals surface area contributed by atoms with Crippen LogP contribution in [-0.2, 0) is 7.05 Å². The summed E-state index contributed by atoms with van der Waals surface area (Å²) in [6, 6.07) is 5.98. The number of rotatable bonds is 4. The molecule has 0 fully saturated rings. The quantitative estimate of drug-likeness (QED) is 0.931. The van der Waals surface area contributed by atoms with Gasteiger partial charge in [-0.1, -0.05) is 17.7 Å². The standard InChI is InChI=1S/C14H19ClN4/c1-10(14-16-8-9-19(14)4)17-12-7-5-6-11(15)13(12)18(2)3/h5-10,17H,1-4H3. The zero-order valence-electron chi connectivity index (χ0n) is 11.7. The number of imidazole rings is 1. The van der Waals surface area contributed by atoms with Gasteiger partial charge in [0.1, 0.15) is 5.82 Å². The molecule has 1 aromatic carbocycles.